The number of ketones is 1. The molecule has 0 aliphatic heterocycles. The van der Waals surface area contributed by atoms with Gasteiger partial charge in [-0.3, -0.25) is 9.59 Å². The Labute approximate surface area is 197 Å². The molecule has 1 N–H and O–H groups in total. The maximum Gasteiger partial charge on any atom is 0.287 e. The topological polar surface area (TPSA) is 55.4 Å². The van der Waals surface area contributed by atoms with Gasteiger partial charge in [-0.15, -0.1) is 0 Å². The number of ether oxygens (including phenoxy) is 1. The second-order valence-corrected chi connectivity index (χ2v) is 11.0. The molecule has 4 atom stereocenters. The lowest BCUT2D eigenvalue weighted by atomic mass is 9.65. The normalized spacial score (nSPS) is 29.2. The first-order valence-corrected chi connectivity index (χ1v) is 12.5. The van der Waals surface area contributed by atoms with Crippen molar-refractivity contribution < 1.29 is 14.3 Å². The highest BCUT2D eigenvalue weighted by Crippen LogP contribution is 2.76. The first kappa shape index (κ1) is 22.2. The Balaban J connectivity index is 1.02. The van der Waals surface area contributed by atoms with Crippen molar-refractivity contribution in [3.63, 3.8) is 0 Å². The highest BCUT2D eigenvalue weighted by molar-refractivity contribution is 6.36. The zero-order chi connectivity index (χ0) is 22.9. The summed E-state index contributed by atoms with van der Waals surface area (Å²) in [7, 11) is 0. The number of rotatable bonds is 10. The average molecular weight is 446 g/mol. The third kappa shape index (κ3) is 5.00. The third-order valence-corrected chi connectivity index (χ3v) is 8.31. The molecule has 4 heteroatoms. The van der Waals surface area contributed by atoms with E-state index in [1.165, 1.54) is 32.1 Å². The Kier molecular flexibility index (Phi) is 6.03. The van der Waals surface area contributed by atoms with Gasteiger partial charge in [-0.05, 0) is 90.9 Å². The monoisotopic (exact) mass is 445 g/mol. The summed E-state index contributed by atoms with van der Waals surface area (Å²) in [5.41, 5.74) is 3.20. The van der Waals surface area contributed by atoms with Gasteiger partial charge in [-0.2, -0.15) is 0 Å². The van der Waals surface area contributed by atoms with Gasteiger partial charge in [-0.1, -0.05) is 49.4 Å². The minimum absolute atomic E-state index is 0.248. The van der Waals surface area contributed by atoms with E-state index in [1.54, 1.807) is 0 Å². The van der Waals surface area contributed by atoms with E-state index in [2.05, 4.69) is 12.2 Å². The Bertz CT molecular complexity index is 997. The van der Waals surface area contributed by atoms with Gasteiger partial charge in [0.15, 0.2) is 0 Å². The number of Topliss-reactive ketones (excluding diaryl/α,β-unsaturated/α-hetero) is 1. The molecule has 3 saturated carbocycles. The predicted octanol–water partition coefficient (Wildman–Crippen LogP) is 5.49. The van der Waals surface area contributed by atoms with E-state index < -0.39 is 5.91 Å². The molecule has 2 bridgehead atoms. The molecule has 3 aliphatic rings. The standard InChI is InChI=1S/C29H35NO3/c1-21-15-28(17-24-18-29(24,16-21)20-28)13-11-26(31)27(32)30-14-12-22-7-9-25(10-8-22)33-19-23-5-3-2-4-6-23/h2-10,21,24H,11-20H2,1H3,(H,30,32). The second-order valence-electron chi connectivity index (χ2n) is 11.0. The van der Waals surface area contributed by atoms with Crippen LogP contribution in [0.15, 0.2) is 54.6 Å². The number of carbonyl (C=O) groups is 2. The SMILES string of the molecule is CC1CC2(CCC(=O)C(=O)NCCc3ccc(OCc4ccccc4)cc3)CC3CC3(C1)C2. The number of carbonyl (C=O) groups excluding carboxylic acids is 2. The zero-order valence-corrected chi connectivity index (χ0v) is 19.6. The lowest BCUT2D eigenvalue weighted by Gasteiger charge is -2.40. The lowest BCUT2D eigenvalue weighted by Crippen LogP contribution is -2.34. The van der Waals surface area contributed by atoms with E-state index >= 15 is 0 Å². The summed E-state index contributed by atoms with van der Waals surface area (Å²) >= 11 is 0. The van der Waals surface area contributed by atoms with Crippen LogP contribution in [-0.2, 0) is 22.6 Å². The molecule has 2 aromatic rings. The molecule has 0 heterocycles. The highest BCUT2D eigenvalue weighted by Gasteiger charge is 2.67. The van der Waals surface area contributed by atoms with Gasteiger partial charge in [0.2, 0.25) is 5.78 Å². The molecule has 1 spiro atoms. The summed E-state index contributed by atoms with van der Waals surface area (Å²) in [5.74, 6) is 1.83. The molecule has 174 valence electrons. The van der Waals surface area contributed by atoms with Gasteiger partial charge in [0, 0.05) is 13.0 Å². The second kappa shape index (κ2) is 8.96. The minimum atomic E-state index is -0.420. The van der Waals surface area contributed by atoms with Gasteiger partial charge >= 0.3 is 0 Å². The van der Waals surface area contributed by atoms with Crippen LogP contribution in [0.3, 0.4) is 0 Å². The van der Waals surface area contributed by atoms with E-state index in [0.29, 0.717) is 36.8 Å². The number of amides is 1. The van der Waals surface area contributed by atoms with E-state index in [1.807, 2.05) is 54.6 Å². The van der Waals surface area contributed by atoms with E-state index in [4.69, 9.17) is 4.74 Å². The van der Waals surface area contributed by atoms with Crippen molar-refractivity contribution in [2.24, 2.45) is 22.7 Å². The Hall–Kier alpha value is -2.62. The molecular weight excluding hydrogens is 410 g/mol. The van der Waals surface area contributed by atoms with Crippen LogP contribution in [0.5, 0.6) is 5.75 Å². The number of fused-ring (bicyclic) bond motifs is 1. The molecule has 5 rings (SSSR count). The van der Waals surface area contributed by atoms with Crippen LogP contribution < -0.4 is 10.1 Å². The molecule has 0 radical (unpaired) electrons. The van der Waals surface area contributed by atoms with Gasteiger partial charge in [0.25, 0.3) is 5.91 Å². The van der Waals surface area contributed by atoms with Gasteiger partial charge in [0.05, 0.1) is 0 Å². The summed E-state index contributed by atoms with van der Waals surface area (Å²) in [6.07, 6.45) is 8.61. The predicted molar refractivity (Wildman–Crippen MR) is 129 cm³/mol. The van der Waals surface area contributed by atoms with Crippen LogP contribution in [0.2, 0.25) is 0 Å². The fraction of sp³-hybridized carbons (Fsp3) is 0.517. The first-order chi connectivity index (χ1) is 16.0. The molecule has 2 aromatic carbocycles. The average Bonchev–Trinajstić information content (AvgIpc) is 3.38. The summed E-state index contributed by atoms with van der Waals surface area (Å²) < 4.78 is 5.82. The van der Waals surface area contributed by atoms with Crippen molar-refractivity contribution in [2.75, 3.05) is 6.54 Å². The van der Waals surface area contributed by atoms with Crippen molar-refractivity contribution >= 4 is 11.7 Å². The minimum Gasteiger partial charge on any atom is -0.489 e. The number of nitrogens with one attached hydrogen (secondary N) is 1. The summed E-state index contributed by atoms with van der Waals surface area (Å²) in [4.78, 5) is 24.8. The Morgan fingerprint density at radius 3 is 2.55 bits per heavy atom. The number of hydrogen-bond donors (Lipinski definition) is 1. The van der Waals surface area contributed by atoms with Crippen molar-refractivity contribution in [3.8, 4) is 5.75 Å². The molecule has 0 aromatic heterocycles. The maximum atomic E-state index is 12.5. The molecule has 3 fully saturated rings. The first-order valence-electron chi connectivity index (χ1n) is 12.5. The van der Waals surface area contributed by atoms with Crippen LogP contribution >= 0.6 is 0 Å². The van der Waals surface area contributed by atoms with E-state index in [-0.39, 0.29) is 5.78 Å². The van der Waals surface area contributed by atoms with Gasteiger partial charge < -0.3 is 10.1 Å². The molecular formula is C29H35NO3. The molecule has 4 unspecified atom stereocenters. The fourth-order valence-electron chi connectivity index (χ4n) is 6.96. The van der Waals surface area contributed by atoms with Crippen molar-refractivity contribution in [2.45, 2.75) is 64.9 Å². The highest BCUT2D eigenvalue weighted by atomic mass is 16.5. The van der Waals surface area contributed by atoms with Crippen molar-refractivity contribution in [1.29, 1.82) is 0 Å². The number of benzene rings is 2. The Morgan fingerprint density at radius 1 is 0.970 bits per heavy atom. The maximum absolute atomic E-state index is 12.5. The smallest absolute Gasteiger partial charge is 0.287 e. The van der Waals surface area contributed by atoms with Crippen LogP contribution in [0, 0.1) is 22.7 Å². The van der Waals surface area contributed by atoms with Crippen molar-refractivity contribution in [3.05, 3.63) is 65.7 Å². The number of hydrogen-bond acceptors (Lipinski definition) is 3. The summed E-state index contributed by atoms with van der Waals surface area (Å²) in [5, 5.41) is 2.83. The van der Waals surface area contributed by atoms with Crippen LogP contribution in [0.4, 0.5) is 0 Å². The van der Waals surface area contributed by atoms with Crippen LogP contribution in [0.1, 0.15) is 63.0 Å². The van der Waals surface area contributed by atoms with Gasteiger partial charge in [-0.25, -0.2) is 0 Å². The Morgan fingerprint density at radius 2 is 1.76 bits per heavy atom. The molecule has 0 saturated heterocycles. The molecule has 33 heavy (non-hydrogen) atoms. The van der Waals surface area contributed by atoms with Gasteiger partial charge in [0.1, 0.15) is 12.4 Å². The molecule has 1 amide bonds. The summed E-state index contributed by atoms with van der Waals surface area (Å²) in [6.45, 7) is 3.38. The fourth-order valence-corrected chi connectivity index (χ4v) is 6.96. The lowest BCUT2D eigenvalue weighted by molar-refractivity contribution is -0.138. The van der Waals surface area contributed by atoms with Crippen LogP contribution in [-0.4, -0.2) is 18.2 Å². The molecule has 4 nitrogen and oxygen atoms in total. The summed E-state index contributed by atoms with van der Waals surface area (Å²) in [6, 6.07) is 18.0. The van der Waals surface area contributed by atoms with Crippen LogP contribution in [0.25, 0.3) is 0 Å². The quantitative estimate of drug-likeness (QED) is 0.492. The van der Waals surface area contributed by atoms with E-state index in [0.717, 1.165) is 35.1 Å². The van der Waals surface area contributed by atoms with Crippen molar-refractivity contribution in [1.82, 2.24) is 5.32 Å². The molecule has 3 aliphatic carbocycles. The zero-order valence-electron chi connectivity index (χ0n) is 19.6. The third-order valence-electron chi connectivity index (χ3n) is 8.31. The van der Waals surface area contributed by atoms with E-state index in [9.17, 15) is 9.59 Å². The largest absolute Gasteiger partial charge is 0.489 e.